The molecule has 0 aliphatic carbocycles. The van der Waals surface area contributed by atoms with E-state index in [0.29, 0.717) is 18.4 Å². The molecule has 1 unspecified atom stereocenters. The average Bonchev–Trinajstić information content (AvgIpc) is 3.20. The van der Waals surface area contributed by atoms with E-state index < -0.39 is 0 Å². The molecular formula is C19H21N5O2. The molecule has 3 aromatic rings. The lowest BCUT2D eigenvalue weighted by Crippen LogP contribution is -2.41. The third-order valence-corrected chi connectivity index (χ3v) is 4.42. The zero-order valence-electron chi connectivity index (χ0n) is 14.4. The summed E-state index contributed by atoms with van der Waals surface area (Å²) in [6, 6.07) is 16.3. The van der Waals surface area contributed by atoms with Crippen molar-refractivity contribution in [1.29, 1.82) is 0 Å². The van der Waals surface area contributed by atoms with Crippen LogP contribution in [0.1, 0.15) is 11.7 Å². The number of pyridine rings is 1. The maximum atomic E-state index is 5.48. The van der Waals surface area contributed by atoms with Crippen LogP contribution in [-0.2, 0) is 4.74 Å². The summed E-state index contributed by atoms with van der Waals surface area (Å²) in [6.45, 7) is 3.86. The van der Waals surface area contributed by atoms with Gasteiger partial charge >= 0.3 is 6.01 Å². The zero-order chi connectivity index (χ0) is 17.6. The number of morpholine rings is 1. The van der Waals surface area contributed by atoms with Crippen molar-refractivity contribution in [1.82, 2.24) is 20.0 Å². The molecular weight excluding hydrogens is 330 g/mol. The molecule has 7 heteroatoms. The first-order chi connectivity index (χ1) is 12.9. The largest absolute Gasteiger partial charge is 0.379 e. The molecule has 0 saturated carbocycles. The van der Waals surface area contributed by atoms with Crippen molar-refractivity contribution in [3.05, 3.63) is 60.4 Å². The van der Waals surface area contributed by atoms with Crippen LogP contribution in [-0.4, -0.2) is 52.9 Å². The molecule has 0 spiro atoms. The van der Waals surface area contributed by atoms with Crippen LogP contribution in [0.25, 0.3) is 11.4 Å². The predicted octanol–water partition coefficient (Wildman–Crippen LogP) is 2.62. The van der Waals surface area contributed by atoms with Gasteiger partial charge in [0.25, 0.3) is 0 Å². The summed E-state index contributed by atoms with van der Waals surface area (Å²) >= 11 is 0. The van der Waals surface area contributed by atoms with Gasteiger partial charge in [0.05, 0.1) is 24.9 Å². The summed E-state index contributed by atoms with van der Waals surface area (Å²) in [5.41, 5.74) is 1.95. The van der Waals surface area contributed by atoms with Crippen LogP contribution >= 0.6 is 0 Å². The summed E-state index contributed by atoms with van der Waals surface area (Å²) in [6.07, 6.45) is 1.82. The second kappa shape index (κ2) is 8.07. The predicted molar refractivity (Wildman–Crippen MR) is 97.6 cm³/mol. The lowest BCUT2D eigenvalue weighted by atomic mass is 10.1. The summed E-state index contributed by atoms with van der Waals surface area (Å²) in [7, 11) is 0. The smallest absolute Gasteiger partial charge is 0.321 e. The molecule has 4 rings (SSSR count). The molecule has 1 N–H and O–H groups in total. The third kappa shape index (κ3) is 3.89. The average molecular weight is 351 g/mol. The number of ether oxygens (including phenoxy) is 1. The summed E-state index contributed by atoms with van der Waals surface area (Å²) in [5, 5.41) is 7.32. The molecule has 26 heavy (non-hydrogen) atoms. The molecule has 1 aromatic carbocycles. The van der Waals surface area contributed by atoms with Gasteiger partial charge in [0, 0.05) is 31.4 Å². The maximum absolute atomic E-state index is 5.48. The van der Waals surface area contributed by atoms with Gasteiger partial charge in [-0.1, -0.05) is 41.6 Å². The fourth-order valence-electron chi connectivity index (χ4n) is 3.07. The van der Waals surface area contributed by atoms with Gasteiger partial charge < -0.3 is 14.6 Å². The highest BCUT2D eigenvalue weighted by Gasteiger charge is 2.24. The molecule has 134 valence electrons. The van der Waals surface area contributed by atoms with Gasteiger partial charge in [-0.3, -0.25) is 9.88 Å². The van der Waals surface area contributed by atoms with Crippen molar-refractivity contribution >= 4 is 6.01 Å². The molecule has 1 atom stereocenters. The number of aromatic nitrogens is 3. The topological polar surface area (TPSA) is 76.3 Å². The molecule has 1 aliphatic heterocycles. The first kappa shape index (κ1) is 16.7. The highest BCUT2D eigenvalue weighted by atomic mass is 16.5. The van der Waals surface area contributed by atoms with E-state index in [4.69, 9.17) is 9.26 Å². The molecule has 1 saturated heterocycles. The Labute approximate surface area is 152 Å². The monoisotopic (exact) mass is 351 g/mol. The lowest BCUT2D eigenvalue weighted by Gasteiger charge is -2.34. The van der Waals surface area contributed by atoms with Gasteiger partial charge in [-0.25, -0.2) is 0 Å². The molecule has 0 radical (unpaired) electrons. The minimum atomic E-state index is 0.118. The van der Waals surface area contributed by atoms with Crippen LogP contribution < -0.4 is 5.32 Å². The Hall–Kier alpha value is -2.77. The molecule has 0 bridgehead atoms. The number of hydrogen-bond acceptors (Lipinski definition) is 7. The van der Waals surface area contributed by atoms with Crippen molar-refractivity contribution in [3.63, 3.8) is 0 Å². The molecule has 2 aromatic heterocycles. The minimum absolute atomic E-state index is 0.118. The van der Waals surface area contributed by atoms with Gasteiger partial charge in [0.15, 0.2) is 0 Å². The van der Waals surface area contributed by atoms with Crippen molar-refractivity contribution in [2.75, 3.05) is 38.2 Å². The molecule has 1 aliphatic rings. The van der Waals surface area contributed by atoms with E-state index in [1.807, 2.05) is 54.7 Å². The number of benzene rings is 1. The molecule has 3 heterocycles. The number of rotatable bonds is 6. The standard InChI is InChI=1S/C19H21N5O2/c1-2-6-15(7-3-1)18-22-19(26-23-18)21-14-17(16-8-4-5-9-20-16)24-10-12-25-13-11-24/h1-9,17H,10-14H2,(H,21,22,23). The van der Waals surface area contributed by atoms with Gasteiger partial charge in [0.2, 0.25) is 5.82 Å². The Bertz CT molecular complexity index is 803. The fraction of sp³-hybridized carbons (Fsp3) is 0.316. The maximum Gasteiger partial charge on any atom is 0.321 e. The first-order valence-corrected chi connectivity index (χ1v) is 8.76. The van der Waals surface area contributed by atoms with Gasteiger partial charge in [0.1, 0.15) is 0 Å². The van der Waals surface area contributed by atoms with E-state index in [1.54, 1.807) is 0 Å². The van der Waals surface area contributed by atoms with Crippen molar-refractivity contribution in [2.45, 2.75) is 6.04 Å². The Morgan fingerprint density at radius 3 is 2.62 bits per heavy atom. The normalized spacial score (nSPS) is 16.3. The van der Waals surface area contributed by atoms with E-state index in [9.17, 15) is 0 Å². The van der Waals surface area contributed by atoms with Crippen LogP contribution in [0, 0.1) is 0 Å². The summed E-state index contributed by atoms with van der Waals surface area (Å²) in [5.74, 6) is 0.578. The first-order valence-electron chi connectivity index (χ1n) is 8.76. The molecule has 1 fully saturated rings. The second-order valence-corrected chi connectivity index (χ2v) is 6.09. The summed E-state index contributed by atoms with van der Waals surface area (Å²) < 4.78 is 10.8. The highest BCUT2D eigenvalue weighted by molar-refractivity contribution is 5.54. The Morgan fingerprint density at radius 1 is 1.04 bits per heavy atom. The molecule has 0 amide bonds. The SMILES string of the molecule is c1ccc(-c2noc(NCC(c3ccccn3)N3CCOCC3)n2)cc1. The number of anilines is 1. The highest BCUT2D eigenvalue weighted by Crippen LogP contribution is 2.22. The number of hydrogen-bond donors (Lipinski definition) is 1. The quantitative estimate of drug-likeness (QED) is 0.731. The van der Waals surface area contributed by atoms with E-state index in [2.05, 4.69) is 25.3 Å². The van der Waals surface area contributed by atoms with Crippen LogP contribution in [0.4, 0.5) is 6.01 Å². The minimum Gasteiger partial charge on any atom is -0.379 e. The van der Waals surface area contributed by atoms with E-state index >= 15 is 0 Å². The van der Waals surface area contributed by atoms with Crippen molar-refractivity contribution < 1.29 is 9.26 Å². The fourth-order valence-corrected chi connectivity index (χ4v) is 3.07. The lowest BCUT2D eigenvalue weighted by molar-refractivity contribution is 0.0178. The van der Waals surface area contributed by atoms with E-state index in [-0.39, 0.29) is 6.04 Å². The van der Waals surface area contributed by atoms with Crippen molar-refractivity contribution in [2.24, 2.45) is 0 Å². The molecule has 7 nitrogen and oxygen atoms in total. The third-order valence-electron chi connectivity index (χ3n) is 4.42. The van der Waals surface area contributed by atoms with Crippen LogP contribution in [0.3, 0.4) is 0 Å². The Morgan fingerprint density at radius 2 is 1.85 bits per heavy atom. The van der Waals surface area contributed by atoms with E-state index in [0.717, 1.165) is 37.6 Å². The van der Waals surface area contributed by atoms with Crippen LogP contribution in [0.15, 0.2) is 59.3 Å². The van der Waals surface area contributed by atoms with Crippen molar-refractivity contribution in [3.8, 4) is 11.4 Å². The number of nitrogens with one attached hydrogen (secondary N) is 1. The summed E-state index contributed by atoms with van der Waals surface area (Å²) in [4.78, 5) is 11.3. The van der Waals surface area contributed by atoms with Gasteiger partial charge in [-0.05, 0) is 12.1 Å². The van der Waals surface area contributed by atoms with Gasteiger partial charge in [-0.15, -0.1) is 0 Å². The Balaban J connectivity index is 1.47. The zero-order valence-corrected chi connectivity index (χ0v) is 14.4. The van der Waals surface area contributed by atoms with Crippen LogP contribution in [0.2, 0.25) is 0 Å². The second-order valence-electron chi connectivity index (χ2n) is 6.09. The van der Waals surface area contributed by atoms with Crippen LogP contribution in [0.5, 0.6) is 0 Å². The number of nitrogens with zero attached hydrogens (tertiary/aromatic N) is 4. The van der Waals surface area contributed by atoms with Gasteiger partial charge in [-0.2, -0.15) is 4.98 Å². The van der Waals surface area contributed by atoms with E-state index in [1.165, 1.54) is 0 Å². The Kier molecular flexibility index (Phi) is 5.18.